The van der Waals surface area contributed by atoms with Gasteiger partial charge in [-0.05, 0) is 19.8 Å². The average molecular weight is 266 g/mol. The summed E-state index contributed by atoms with van der Waals surface area (Å²) in [6, 6.07) is 0. The van der Waals surface area contributed by atoms with E-state index in [2.05, 4.69) is 9.97 Å². The minimum atomic E-state index is -1.30. The van der Waals surface area contributed by atoms with Crippen LogP contribution in [0.3, 0.4) is 0 Å². The highest BCUT2D eigenvalue weighted by Gasteiger charge is 2.33. The number of carbonyl (C=O) groups is 1. The molecule has 0 spiro atoms. The number of aromatic nitrogens is 2. The fourth-order valence-corrected chi connectivity index (χ4v) is 2.19. The van der Waals surface area contributed by atoms with Gasteiger partial charge in [0, 0.05) is 20.6 Å². The fourth-order valence-electron chi connectivity index (χ4n) is 2.19. The number of anilines is 1. The van der Waals surface area contributed by atoms with Crippen LogP contribution in [0.1, 0.15) is 30.3 Å². The highest BCUT2D eigenvalue weighted by molar-refractivity contribution is 5.92. The van der Waals surface area contributed by atoms with E-state index in [1.54, 1.807) is 11.1 Å². The molecule has 5 nitrogen and oxygen atoms in total. The van der Waals surface area contributed by atoms with E-state index in [1.807, 2.05) is 14.1 Å². The number of hydrogen-bond acceptors (Lipinski definition) is 4. The summed E-state index contributed by atoms with van der Waals surface area (Å²) in [6.45, 7) is 2.24. The second-order valence-electron chi connectivity index (χ2n) is 5.40. The molecule has 0 radical (unpaired) electrons. The summed E-state index contributed by atoms with van der Waals surface area (Å²) >= 11 is 0. The smallest absolute Gasteiger partial charge is 0.274 e. The van der Waals surface area contributed by atoms with Crippen LogP contribution in [0.4, 0.5) is 10.2 Å². The summed E-state index contributed by atoms with van der Waals surface area (Å²) in [5, 5.41) is 0. The molecular weight excluding hydrogens is 247 g/mol. The van der Waals surface area contributed by atoms with Crippen molar-refractivity contribution in [2.75, 3.05) is 32.1 Å². The maximum Gasteiger partial charge on any atom is 0.274 e. The first-order chi connectivity index (χ1) is 8.89. The van der Waals surface area contributed by atoms with E-state index in [0.29, 0.717) is 25.2 Å². The third-order valence-electron chi connectivity index (χ3n) is 3.25. The molecule has 0 saturated carbocycles. The molecule has 1 amide bonds. The quantitative estimate of drug-likeness (QED) is 0.814. The van der Waals surface area contributed by atoms with Crippen LogP contribution in [0.25, 0.3) is 0 Å². The Labute approximate surface area is 112 Å². The van der Waals surface area contributed by atoms with E-state index in [-0.39, 0.29) is 18.1 Å². The van der Waals surface area contributed by atoms with Crippen molar-refractivity contribution in [2.45, 2.75) is 25.4 Å². The number of nitrogens with zero attached hydrogens (tertiary/aromatic N) is 4. The van der Waals surface area contributed by atoms with E-state index < -0.39 is 5.67 Å². The van der Waals surface area contributed by atoms with Crippen molar-refractivity contribution in [2.24, 2.45) is 0 Å². The van der Waals surface area contributed by atoms with Crippen LogP contribution >= 0.6 is 0 Å². The van der Waals surface area contributed by atoms with Gasteiger partial charge in [-0.15, -0.1) is 0 Å². The van der Waals surface area contributed by atoms with Crippen molar-refractivity contribution in [3.63, 3.8) is 0 Å². The summed E-state index contributed by atoms with van der Waals surface area (Å²) in [5.74, 6) is 0.437. The van der Waals surface area contributed by atoms with Gasteiger partial charge in [0.2, 0.25) is 0 Å². The Morgan fingerprint density at radius 2 is 2.16 bits per heavy atom. The zero-order chi connectivity index (χ0) is 14.0. The van der Waals surface area contributed by atoms with E-state index in [1.165, 1.54) is 18.0 Å². The lowest BCUT2D eigenvalue weighted by molar-refractivity contribution is 0.0412. The van der Waals surface area contributed by atoms with Gasteiger partial charge >= 0.3 is 0 Å². The first-order valence-corrected chi connectivity index (χ1v) is 6.37. The largest absolute Gasteiger partial charge is 0.361 e. The molecule has 0 bridgehead atoms. The lowest BCUT2D eigenvalue weighted by atomic mass is 9.97. The zero-order valence-corrected chi connectivity index (χ0v) is 11.6. The van der Waals surface area contributed by atoms with Gasteiger partial charge in [0.25, 0.3) is 5.91 Å². The van der Waals surface area contributed by atoms with Gasteiger partial charge in [0.1, 0.15) is 17.2 Å². The van der Waals surface area contributed by atoms with Crippen molar-refractivity contribution in [3.05, 3.63) is 18.1 Å². The van der Waals surface area contributed by atoms with Crippen LogP contribution in [0.2, 0.25) is 0 Å². The predicted molar refractivity (Wildman–Crippen MR) is 71.0 cm³/mol. The minimum absolute atomic E-state index is 0.128. The molecule has 0 N–H and O–H groups in total. The van der Waals surface area contributed by atoms with Crippen molar-refractivity contribution >= 4 is 11.7 Å². The maximum atomic E-state index is 13.9. The molecule has 2 rings (SSSR count). The SMILES string of the molecule is CN(C)c1cnc(C(=O)N2CCCC(C)(F)C2)cn1. The summed E-state index contributed by atoms with van der Waals surface area (Å²) in [4.78, 5) is 23.8. The number of alkyl halides is 1. The monoisotopic (exact) mass is 266 g/mol. The van der Waals surface area contributed by atoms with Crippen molar-refractivity contribution < 1.29 is 9.18 Å². The standard InChI is InChI=1S/C13H19FN4O/c1-13(14)5-4-6-18(9-13)12(19)10-7-16-11(8-15-10)17(2)3/h7-8H,4-6,9H2,1-3H3. The van der Waals surface area contributed by atoms with Crippen molar-refractivity contribution in [1.82, 2.24) is 14.9 Å². The van der Waals surface area contributed by atoms with E-state index >= 15 is 0 Å². The predicted octanol–water partition coefficient (Wildman–Crippen LogP) is 1.51. The van der Waals surface area contributed by atoms with Crippen LogP contribution in [0, 0.1) is 0 Å². The van der Waals surface area contributed by atoms with E-state index in [4.69, 9.17) is 0 Å². The van der Waals surface area contributed by atoms with E-state index in [0.717, 1.165) is 0 Å². The first-order valence-electron chi connectivity index (χ1n) is 6.37. The summed E-state index contributed by atoms with van der Waals surface area (Å²) < 4.78 is 13.9. The lowest BCUT2D eigenvalue weighted by Gasteiger charge is -2.34. The van der Waals surface area contributed by atoms with Gasteiger partial charge in [-0.1, -0.05) is 0 Å². The Morgan fingerprint density at radius 3 is 2.68 bits per heavy atom. The molecule has 2 heterocycles. The third kappa shape index (κ3) is 3.19. The first kappa shape index (κ1) is 13.7. The molecular formula is C13H19FN4O. The number of likely N-dealkylation sites (tertiary alicyclic amines) is 1. The Hall–Kier alpha value is -1.72. The molecule has 1 aliphatic rings. The van der Waals surface area contributed by atoms with Gasteiger partial charge < -0.3 is 9.80 Å². The number of rotatable bonds is 2. The Kier molecular flexibility index (Phi) is 3.68. The normalized spacial score (nSPS) is 23.3. The number of halogens is 1. The highest BCUT2D eigenvalue weighted by Crippen LogP contribution is 2.25. The second-order valence-corrected chi connectivity index (χ2v) is 5.40. The average Bonchev–Trinajstić information content (AvgIpc) is 2.37. The summed E-state index contributed by atoms with van der Waals surface area (Å²) in [7, 11) is 3.70. The van der Waals surface area contributed by atoms with Gasteiger partial charge in [0.15, 0.2) is 0 Å². The van der Waals surface area contributed by atoms with Gasteiger partial charge in [-0.25, -0.2) is 14.4 Å². The van der Waals surface area contributed by atoms with Gasteiger partial charge in [-0.2, -0.15) is 0 Å². The second kappa shape index (κ2) is 5.11. The molecule has 1 aliphatic heterocycles. The lowest BCUT2D eigenvalue weighted by Crippen LogP contribution is -2.46. The van der Waals surface area contributed by atoms with Gasteiger partial charge in [-0.3, -0.25) is 4.79 Å². The Bertz CT molecular complexity index is 458. The van der Waals surface area contributed by atoms with E-state index in [9.17, 15) is 9.18 Å². The molecule has 1 saturated heterocycles. The Morgan fingerprint density at radius 1 is 1.42 bits per heavy atom. The molecule has 1 aromatic heterocycles. The molecule has 1 aromatic rings. The van der Waals surface area contributed by atoms with Crippen molar-refractivity contribution in [3.8, 4) is 0 Å². The van der Waals surface area contributed by atoms with Crippen LogP contribution in [-0.2, 0) is 0 Å². The van der Waals surface area contributed by atoms with Crippen LogP contribution in [0.5, 0.6) is 0 Å². The molecule has 0 aromatic carbocycles. The molecule has 104 valence electrons. The fraction of sp³-hybridized carbons (Fsp3) is 0.615. The summed E-state index contributed by atoms with van der Waals surface area (Å²) in [6.07, 6.45) is 4.18. The topological polar surface area (TPSA) is 49.3 Å². The Balaban J connectivity index is 2.11. The van der Waals surface area contributed by atoms with Gasteiger partial charge in [0.05, 0.1) is 18.9 Å². The van der Waals surface area contributed by atoms with Crippen LogP contribution in [0.15, 0.2) is 12.4 Å². The van der Waals surface area contributed by atoms with Crippen LogP contribution < -0.4 is 4.90 Å². The molecule has 1 unspecified atom stereocenters. The molecule has 1 atom stereocenters. The highest BCUT2D eigenvalue weighted by atomic mass is 19.1. The third-order valence-corrected chi connectivity index (χ3v) is 3.25. The van der Waals surface area contributed by atoms with Crippen molar-refractivity contribution in [1.29, 1.82) is 0 Å². The zero-order valence-electron chi connectivity index (χ0n) is 11.6. The molecule has 0 aliphatic carbocycles. The minimum Gasteiger partial charge on any atom is -0.361 e. The number of amides is 1. The summed E-state index contributed by atoms with van der Waals surface area (Å²) in [5.41, 5.74) is -1.03. The number of piperidine rings is 1. The molecule has 1 fully saturated rings. The number of hydrogen-bond donors (Lipinski definition) is 0. The molecule has 19 heavy (non-hydrogen) atoms. The number of carbonyl (C=O) groups excluding carboxylic acids is 1. The molecule has 6 heteroatoms. The van der Waals surface area contributed by atoms with Crippen LogP contribution in [-0.4, -0.2) is 53.6 Å². The maximum absolute atomic E-state index is 13.9.